The third-order valence-electron chi connectivity index (χ3n) is 2.87. The highest BCUT2D eigenvalue weighted by Gasteiger charge is 2.15. The third-order valence-corrected chi connectivity index (χ3v) is 3.23. The fourth-order valence-electron chi connectivity index (χ4n) is 2.01. The number of hydrogen-bond donors (Lipinski definition) is 0. The van der Waals surface area contributed by atoms with Gasteiger partial charge in [-0.05, 0) is 6.42 Å². The highest BCUT2D eigenvalue weighted by molar-refractivity contribution is 9.09. The second-order valence-electron chi connectivity index (χ2n) is 4.10. The Kier molecular flexibility index (Phi) is 3.70. The zero-order valence-corrected chi connectivity index (χ0v) is 12.0. The summed E-state index contributed by atoms with van der Waals surface area (Å²) in [7, 11) is 1.64. The van der Waals surface area contributed by atoms with Crippen molar-refractivity contribution < 1.29 is 0 Å². The topological polar surface area (TPSA) is 61.8 Å². The zero-order valence-electron chi connectivity index (χ0n) is 10.4. The molecule has 0 bridgehead atoms. The average molecular weight is 315 g/mol. The van der Waals surface area contributed by atoms with Gasteiger partial charge in [-0.1, -0.05) is 22.9 Å². The number of alkyl halides is 1. The van der Waals surface area contributed by atoms with Crippen molar-refractivity contribution in [2.75, 3.05) is 5.33 Å². The Morgan fingerprint density at radius 2 is 2.06 bits per heavy atom. The Balaban J connectivity index is 2.84. The molecule has 0 aliphatic rings. The molecule has 0 aliphatic heterocycles. The van der Waals surface area contributed by atoms with Gasteiger partial charge in [0.25, 0.3) is 5.56 Å². The van der Waals surface area contributed by atoms with Crippen molar-refractivity contribution >= 4 is 27.1 Å². The summed E-state index contributed by atoms with van der Waals surface area (Å²) in [5.41, 5.74) is 0.358. The van der Waals surface area contributed by atoms with Gasteiger partial charge in [0.15, 0.2) is 11.2 Å². The van der Waals surface area contributed by atoms with Gasteiger partial charge in [-0.3, -0.25) is 13.9 Å². The molecule has 2 heterocycles. The van der Waals surface area contributed by atoms with Crippen molar-refractivity contribution in [3.8, 4) is 0 Å². The SMILES string of the molecule is CCCn1cnc2c1c(=O)n(CCBr)c(=O)n2C. The molecule has 6 nitrogen and oxygen atoms in total. The smallest absolute Gasteiger partial charge is 0.325 e. The summed E-state index contributed by atoms with van der Waals surface area (Å²) in [6, 6.07) is 0. The lowest BCUT2D eigenvalue weighted by Crippen LogP contribution is -2.40. The van der Waals surface area contributed by atoms with E-state index in [9.17, 15) is 9.59 Å². The molecule has 0 aromatic carbocycles. The zero-order chi connectivity index (χ0) is 13.3. The number of imidazole rings is 1. The summed E-state index contributed by atoms with van der Waals surface area (Å²) in [6.07, 6.45) is 2.53. The summed E-state index contributed by atoms with van der Waals surface area (Å²) >= 11 is 3.25. The number of nitrogens with zero attached hydrogens (tertiary/aromatic N) is 4. The molecule has 0 fully saturated rings. The van der Waals surface area contributed by atoms with Crippen LogP contribution in [0, 0.1) is 0 Å². The van der Waals surface area contributed by atoms with E-state index in [1.54, 1.807) is 13.4 Å². The lowest BCUT2D eigenvalue weighted by atomic mass is 10.4. The van der Waals surface area contributed by atoms with E-state index in [4.69, 9.17) is 0 Å². The Morgan fingerprint density at radius 1 is 1.33 bits per heavy atom. The van der Waals surface area contributed by atoms with Crippen molar-refractivity contribution in [2.45, 2.75) is 26.4 Å². The molecule has 0 unspecified atom stereocenters. The standard InChI is InChI=1S/C11H15BrN4O2/c1-3-5-15-7-13-9-8(15)10(17)16(6-4-12)11(18)14(9)2/h7H,3-6H2,1-2H3. The van der Waals surface area contributed by atoms with Crippen molar-refractivity contribution in [3.63, 3.8) is 0 Å². The molecule has 0 amide bonds. The molecule has 7 heteroatoms. The van der Waals surface area contributed by atoms with Crippen molar-refractivity contribution in [3.05, 3.63) is 27.2 Å². The molecule has 0 N–H and O–H groups in total. The molecule has 18 heavy (non-hydrogen) atoms. The summed E-state index contributed by atoms with van der Waals surface area (Å²) in [4.78, 5) is 28.5. The van der Waals surface area contributed by atoms with Gasteiger partial charge in [0.1, 0.15) is 0 Å². The molecule has 2 rings (SSSR count). The average Bonchev–Trinajstić information content (AvgIpc) is 2.76. The van der Waals surface area contributed by atoms with Crippen molar-refractivity contribution in [1.82, 2.24) is 18.7 Å². The molecule has 2 aromatic heterocycles. The van der Waals surface area contributed by atoms with E-state index in [0.29, 0.717) is 23.0 Å². The molecule has 0 aliphatic carbocycles. The minimum absolute atomic E-state index is 0.265. The summed E-state index contributed by atoms with van der Waals surface area (Å²) in [5.74, 6) is 0. The van der Waals surface area contributed by atoms with Crippen molar-refractivity contribution in [2.24, 2.45) is 7.05 Å². The van der Waals surface area contributed by atoms with Gasteiger partial charge in [-0.25, -0.2) is 9.78 Å². The molecule has 2 aromatic rings. The first-order valence-electron chi connectivity index (χ1n) is 5.82. The maximum atomic E-state index is 12.3. The van der Waals surface area contributed by atoms with E-state index in [0.717, 1.165) is 13.0 Å². The fraction of sp³-hybridized carbons (Fsp3) is 0.545. The van der Waals surface area contributed by atoms with Crippen molar-refractivity contribution in [1.29, 1.82) is 0 Å². The molecule has 0 atom stereocenters. The number of aryl methyl sites for hydroxylation is 2. The number of fused-ring (bicyclic) bond motifs is 1. The molecule has 0 radical (unpaired) electrons. The lowest BCUT2D eigenvalue weighted by Gasteiger charge is -2.07. The van der Waals surface area contributed by atoms with Gasteiger partial charge in [0.2, 0.25) is 0 Å². The lowest BCUT2D eigenvalue weighted by molar-refractivity contribution is 0.634. The molecule has 0 saturated heterocycles. The second kappa shape index (κ2) is 5.09. The van der Waals surface area contributed by atoms with Crippen LogP contribution < -0.4 is 11.2 Å². The van der Waals surface area contributed by atoms with Gasteiger partial charge in [-0.2, -0.15) is 0 Å². The first-order chi connectivity index (χ1) is 8.61. The highest BCUT2D eigenvalue weighted by atomic mass is 79.9. The van der Waals surface area contributed by atoms with Gasteiger partial charge < -0.3 is 4.57 Å². The van der Waals surface area contributed by atoms with Crippen LogP contribution in [0.2, 0.25) is 0 Å². The van der Waals surface area contributed by atoms with Crippen LogP contribution in [0.25, 0.3) is 11.2 Å². The minimum atomic E-state index is -0.325. The maximum Gasteiger partial charge on any atom is 0.332 e. The number of hydrogen-bond acceptors (Lipinski definition) is 3. The van der Waals surface area contributed by atoms with Gasteiger partial charge in [0, 0.05) is 25.5 Å². The third kappa shape index (κ3) is 1.92. The highest BCUT2D eigenvalue weighted by Crippen LogP contribution is 2.06. The van der Waals surface area contributed by atoms with E-state index >= 15 is 0 Å². The van der Waals surface area contributed by atoms with Gasteiger partial charge in [-0.15, -0.1) is 0 Å². The van der Waals surface area contributed by atoms with Crippen LogP contribution in [-0.4, -0.2) is 24.0 Å². The fourth-order valence-corrected chi connectivity index (χ4v) is 2.37. The molecular formula is C11H15BrN4O2. The van der Waals surface area contributed by atoms with Crippen LogP contribution in [0.5, 0.6) is 0 Å². The normalized spacial score (nSPS) is 11.3. The van der Waals surface area contributed by atoms with E-state index < -0.39 is 0 Å². The Labute approximate surface area is 112 Å². The largest absolute Gasteiger partial charge is 0.332 e. The van der Waals surface area contributed by atoms with E-state index in [1.165, 1.54) is 9.13 Å². The first-order valence-corrected chi connectivity index (χ1v) is 6.94. The van der Waals surface area contributed by atoms with E-state index in [1.807, 2.05) is 11.5 Å². The maximum absolute atomic E-state index is 12.3. The molecule has 98 valence electrons. The number of rotatable bonds is 4. The summed E-state index contributed by atoms with van der Waals surface area (Å²) in [5, 5.41) is 0.565. The Bertz CT molecular complexity index is 683. The van der Waals surface area contributed by atoms with E-state index in [-0.39, 0.29) is 11.2 Å². The van der Waals surface area contributed by atoms with Gasteiger partial charge in [0.05, 0.1) is 6.33 Å². The number of aromatic nitrogens is 4. The second-order valence-corrected chi connectivity index (χ2v) is 4.89. The van der Waals surface area contributed by atoms with E-state index in [2.05, 4.69) is 20.9 Å². The Hall–Kier alpha value is -1.37. The van der Waals surface area contributed by atoms with Crippen LogP contribution in [0.4, 0.5) is 0 Å². The van der Waals surface area contributed by atoms with Crippen LogP contribution in [0.3, 0.4) is 0 Å². The quantitative estimate of drug-likeness (QED) is 0.781. The summed E-state index contributed by atoms with van der Waals surface area (Å²) < 4.78 is 4.47. The minimum Gasteiger partial charge on any atom is -0.325 e. The monoisotopic (exact) mass is 314 g/mol. The van der Waals surface area contributed by atoms with Gasteiger partial charge >= 0.3 is 5.69 Å². The van der Waals surface area contributed by atoms with Crippen LogP contribution in [-0.2, 0) is 20.1 Å². The van der Waals surface area contributed by atoms with Crippen LogP contribution in [0.1, 0.15) is 13.3 Å². The van der Waals surface area contributed by atoms with Crippen LogP contribution in [0.15, 0.2) is 15.9 Å². The Morgan fingerprint density at radius 3 is 2.67 bits per heavy atom. The summed E-state index contributed by atoms with van der Waals surface area (Å²) in [6.45, 7) is 3.11. The predicted octanol–water partition coefficient (Wildman–Crippen LogP) is 0.702. The number of halogens is 1. The molecule has 0 spiro atoms. The molecule has 0 saturated carbocycles. The predicted molar refractivity (Wildman–Crippen MR) is 73.3 cm³/mol. The first kappa shape index (κ1) is 13.1. The van der Waals surface area contributed by atoms with Crippen LogP contribution >= 0.6 is 15.9 Å². The molecular weight excluding hydrogens is 300 g/mol.